The van der Waals surface area contributed by atoms with E-state index in [-0.39, 0.29) is 0 Å². The highest BCUT2D eigenvalue weighted by molar-refractivity contribution is 5.74. The summed E-state index contributed by atoms with van der Waals surface area (Å²) in [6.45, 7) is 2.10. The zero-order valence-electron chi connectivity index (χ0n) is 12.8. The molecule has 2 aromatic rings. The van der Waals surface area contributed by atoms with Crippen molar-refractivity contribution in [2.45, 2.75) is 26.2 Å². The van der Waals surface area contributed by atoms with Crippen molar-refractivity contribution >= 4 is 6.29 Å². The molecule has 0 bridgehead atoms. The van der Waals surface area contributed by atoms with Crippen LogP contribution in [0.1, 0.15) is 30.9 Å². The van der Waals surface area contributed by atoms with Gasteiger partial charge in [0, 0.05) is 6.42 Å². The van der Waals surface area contributed by atoms with Gasteiger partial charge in [-0.25, -0.2) is 0 Å². The van der Waals surface area contributed by atoms with Crippen molar-refractivity contribution < 1.29 is 4.79 Å². The summed E-state index contributed by atoms with van der Waals surface area (Å²) in [6.07, 6.45) is 5.58. The number of hydrogen-bond acceptors (Lipinski definition) is 2. The maximum Gasteiger partial charge on any atom is 0.146 e. The minimum absolute atomic E-state index is 0.656. The van der Waals surface area contributed by atoms with E-state index < -0.39 is 0 Å². The Kier molecular flexibility index (Phi) is 5.68. The fourth-order valence-electron chi connectivity index (χ4n) is 2.36. The van der Waals surface area contributed by atoms with Gasteiger partial charge in [-0.05, 0) is 34.8 Å². The predicted octanol–water partition coefficient (Wildman–Crippen LogP) is 4.69. The smallest absolute Gasteiger partial charge is 0.146 e. The van der Waals surface area contributed by atoms with Crippen LogP contribution in [-0.4, -0.2) is 6.29 Å². The van der Waals surface area contributed by atoms with Gasteiger partial charge in [0.1, 0.15) is 6.29 Å². The summed E-state index contributed by atoms with van der Waals surface area (Å²) in [4.78, 5) is 11.1. The highest BCUT2D eigenvalue weighted by Gasteiger charge is 2.04. The second kappa shape index (κ2) is 7.95. The number of carbonyl (C=O) groups excluding carboxylic acids is 1. The molecule has 110 valence electrons. The zero-order chi connectivity index (χ0) is 15.8. The molecule has 2 aromatic carbocycles. The van der Waals surface area contributed by atoms with Gasteiger partial charge in [0.25, 0.3) is 0 Å². The van der Waals surface area contributed by atoms with Crippen LogP contribution in [0.15, 0.2) is 60.2 Å². The minimum atomic E-state index is 0.656. The summed E-state index contributed by atoms with van der Waals surface area (Å²) in [7, 11) is 0. The molecular weight excluding hydrogens is 270 g/mol. The third-order valence-electron chi connectivity index (χ3n) is 3.57. The van der Waals surface area contributed by atoms with Crippen LogP contribution in [0.4, 0.5) is 0 Å². The van der Waals surface area contributed by atoms with E-state index in [2.05, 4.69) is 13.0 Å². The minimum Gasteiger partial charge on any atom is -0.298 e. The molecule has 0 heterocycles. The lowest BCUT2D eigenvalue weighted by Gasteiger charge is -2.06. The van der Waals surface area contributed by atoms with Crippen molar-refractivity contribution in [2.24, 2.45) is 0 Å². The Morgan fingerprint density at radius 2 is 1.86 bits per heavy atom. The molecule has 0 aliphatic heterocycles. The molecule has 0 saturated heterocycles. The van der Waals surface area contributed by atoms with Crippen LogP contribution in [0.3, 0.4) is 0 Å². The van der Waals surface area contributed by atoms with Gasteiger partial charge in [-0.3, -0.25) is 4.79 Å². The van der Waals surface area contributed by atoms with Crippen LogP contribution in [0.25, 0.3) is 11.1 Å². The first-order valence-corrected chi connectivity index (χ1v) is 7.51. The molecule has 0 N–H and O–H groups in total. The Morgan fingerprint density at radius 1 is 1.14 bits per heavy atom. The lowest BCUT2D eigenvalue weighted by Crippen LogP contribution is -1.93. The molecule has 2 rings (SSSR count). The topological polar surface area (TPSA) is 40.9 Å². The van der Waals surface area contributed by atoms with Gasteiger partial charge >= 0.3 is 0 Å². The van der Waals surface area contributed by atoms with Crippen LogP contribution < -0.4 is 0 Å². The van der Waals surface area contributed by atoms with Gasteiger partial charge in [-0.15, -0.1) is 0 Å². The number of rotatable bonds is 6. The first-order chi connectivity index (χ1) is 10.8. The van der Waals surface area contributed by atoms with Crippen molar-refractivity contribution in [1.82, 2.24) is 0 Å². The summed E-state index contributed by atoms with van der Waals surface area (Å²) in [5.74, 6) is 0. The molecule has 0 spiro atoms. The third kappa shape index (κ3) is 3.93. The Morgan fingerprint density at radius 3 is 2.50 bits per heavy atom. The van der Waals surface area contributed by atoms with Crippen LogP contribution in [0.2, 0.25) is 0 Å². The highest BCUT2D eigenvalue weighted by Crippen LogP contribution is 2.24. The molecule has 0 aliphatic carbocycles. The Labute approximate surface area is 131 Å². The zero-order valence-corrected chi connectivity index (χ0v) is 12.8. The summed E-state index contributed by atoms with van der Waals surface area (Å²) < 4.78 is 0. The van der Waals surface area contributed by atoms with E-state index in [1.807, 2.05) is 54.6 Å². The molecule has 0 aromatic heterocycles. The molecule has 2 heteroatoms. The van der Waals surface area contributed by atoms with Crippen LogP contribution in [0.5, 0.6) is 0 Å². The first kappa shape index (κ1) is 15.7. The molecule has 0 radical (unpaired) electrons. The quantitative estimate of drug-likeness (QED) is 0.571. The van der Waals surface area contributed by atoms with Crippen molar-refractivity contribution in [3.05, 3.63) is 71.3 Å². The second-order valence-electron chi connectivity index (χ2n) is 5.22. The summed E-state index contributed by atoms with van der Waals surface area (Å²) in [5.41, 5.74) is 4.56. The van der Waals surface area contributed by atoms with E-state index >= 15 is 0 Å². The monoisotopic (exact) mass is 289 g/mol. The number of nitrogens with zero attached hydrogens (tertiary/aromatic N) is 1. The standard InChI is InChI=1S/C20H19NO/c1-2-3-6-17(15-22)13-16-9-11-18(12-10-16)20-8-5-4-7-19(20)14-21/h4-12,15H,2-3,13H2,1H3/b17-6+. The van der Waals surface area contributed by atoms with Gasteiger partial charge in [0.05, 0.1) is 11.6 Å². The van der Waals surface area contributed by atoms with Crippen molar-refractivity contribution in [3.63, 3.8) is 0 Å². The largest absolute Gasteiger partial charge is 0.298 e. The Bertz CT molecular complexity index is 705. The number of nitriles is 1. The predicted molar refractivity (Wildman–Crippen MR) is 89.4 cm³/mol. The molecule has 22 heavy (non-hydrogen) atoms. The van der Waals surface area contributed by atoms with Gasteiger partial charge in [0.2, 0.25) is 0 Å². The lowest BCUT2D eigenvalue weighted by molar-refractivity contribution is -0.105. The number of hydrogen-bond donors (Lipinski definition) is 0. The molecule has 0 atom stereocenters. The molecule has 0 fully saturated rings. The van der Waals surface area contributed by atoms with Crippen molar-refractivity contribution in [2.75, 3.05) is 0 Å². The molecule has 0 saturated carbocycles. The maximum atomic E-state index is 11.1. The average molecular weight is 289 g/mol. The number of aldehydes is 1. The fraction of sp³-hybridized carbons (Fsp3) is 0.200. The van der Waals surface area contributed by atoms with Gasteiger partial charge in [-0.1, -0.05) is 61.9 Å². The highest BCUT2D eigenvalue weighted by atomic mass is 16.1. The second-order valence-corrected chi connectivity index (χ2v) is 5.22. The Hall–Kier alpha value is -2.66. The molecule has 2 nitrogen and oxygen atoms in total. The summed E-state index contributed by atoms with van der Waals surface area (Å²) in [5, 5.41) is 9.17. The average Bonchev–Trinajstić information content (AvgIpc) is 2.59. The molecule has 0 amide bonds. The number of unbranched alkanes of at least 4 members (excludes halogenated alkanes) is 1. The third-order valence-corrected chi connectivity index (χ3v) is 3.57. The van der Waals surface area contributed by atoms with E-state index in [1.165, 1.54) is 0 Å². The summed E-state index contributed by atoms with van der Waals surface area (Å²) >= 11 is 0. The van der Waals surface area contributed by atoms with Crippen molar-refractivity contribution in [1.29, 1.82) is 5.26 Å². The fourth-order valence-corrected chi connectivity index (χ4v) is 2.36. The van der Waals surface area contributed by atoms with E-state index in [0.29, 0.717) is 12.0 Å². The van der Waals surface area contributed by atoms with E-state index in [9.17, 15) is 10.1 Å². The Balaban J connectivity index is 2.20. The lowest BCUT2D eigenvalue weighted by atomic mass is 9.97. The number of benzene rings is 2. The van der Waals surface area contributed by atoms with Gasteiger partial charge < -0.3 is 0 Å². The number of allylic oxidation sites excluding steroid dienone is 2. The van der Waals surface area contributed by atoms with Gasteiger partial charge in [0.15, 0.2) is 0 Å². The summed E-state index contributed by atoms with van der Waals surface area (Å²) in [6, 6.07) is 17.8. The molecule has 0 aliphatic rings. The SMILES string of the molecule is CCC/C=C(/C=O)Cc1ccc(-c2ccccc2C#N)cc1. The van der Waals surface area contributed by atoms with Crippen molar-refractivity contribution in [3.8, 4) is 17.2 Å². The first-order valence-electron chi connectivity index (χ1n) is 7.51. The van der Waals surface area contributed by atoms with E-state index in [0.717, 1.165) is 41.4 Å². The van der Waals surface area contributed by atoms with Crippen LogP contribution in [-0.2, 0) is 11.2 Å². The van der Waals surface area contributed by atoms with E-state index in [1.54, 1.807) is 0 Å². The van der Waals surface area contributed by atoms with Crippen LogP contribution >= 0.6 is 0 Å². The maximum absolute atomic E-state index is 11.1. The molecule has 0 unspecified atom stereocenters. The van der Waals surface area contributed by atoms with Gasteiger partial charge in [-0.2, -0.15) is 5.26 Å². The molecular formula is C20H19NO. The van der Waals surface area contributed by atoms with Crippen LogP contribution in [0, 0.1) is 11.3 Å². The number of carbonyl (C=O) groups is 1. The van der Waals surface area contributed by atoms with E-state index in [4.69, 9.17) is 0 Å². The normalized spacial score (nSPS) is 11.0.